The second-order valence-corrected chi connectivity index (χ2v) is 7.31. The van der Waals surface area contributed by atoms with Crippen molar-refractivity contribution in [2.24, 2.45) is 16.6 Å². The van der Waals surface area contributed by atoms with Gasteiger partial charge in [-0.05, 0) is 49.5 Å². The van der Waals surface area contributed by atoms with Gasteiger partial charge in [0.25, 0.3) is 0 Å². The van der Waals surface area contributed by atoms with Crippen LogP contribution < -0.4 is 11.1 Å². The Balaban J connectivity index is 0.00000242. The van der Waals surface area contributed by atoms with Gasteiger partial charge in [0.1, 0.15) is 0 Å². The summed E-state index contributed by atoms with van der Waals surface area (Å²) in [7, 11) is 1.75. The fourth-order valence-corrected chi connectivity index (χ4v) is 3.95. The molecule has 0 aromatic heterocycles. The van der Waals surface area contributed by atoms with Gasteiger partial charge in [-0.15, -0.1) is 12.4 Å². The number of nitrogens with two attached hydrogens (primary N) is 1. The smallest absolute Gasteiger partial charge is 0.220 e. The van der Waals surface area contributed by atoms with E-state index in [9.17, 15) is 4.79 Å². The molecule has 0 atom stereocenters. The average molecular weight is 333 g/mol. The Morgan fingerprint density at radius 2 is 1.73 bits per heavy atom. The molecule has 22 heavy (non-hydrogen) atoms. The normalized spacial score (nSPS) is 22.3. The van der Waals surface area contributed by atoms with E-state index < -0.39 is 0 Å². The van der Waals surface area contributed by atoms with E-state index in [4.69, 9.17) is 10.5 Å². The molecule has 130 valence electrons. The summed E-state index contributed by atoms with van der Waals surface area (Å²) in [4.78, 5) is 12.3. The lowest BCUT2D eigenvalue weighted by Gasteiger charge is -2.42. The molecule has 4 nitrogen and oxygen atoms in total. The molecule has 0 heterocycles. The maximum absolute atomic E-state index is 12.3. The molecule has 0 aromatic rings. The van der Waals surface area contributed by atoms with E-state index in [1.54, 1.807) is 7.11 Å². The van der Waals surface area contributed by atoms with Crippen LogP contribution in [-0.2, 0) is 9.53 Å². The SMILES string of the molecule is COCCC1(CNC(=O)CC2(CN)CCCCC2)CCC1.Cl. The largest absolute Gasteiger partial charge is 0.385 e. The number of amides is 1. The lowest BCUT2D eigenvalue weighted by atomic mass is 9.66. The molecule has 0 aliphatic heterocycles. The lowest BCUT2D eigenvalue weighted by molar-refractivity contribution is -0.124. The first-order valence-electron chi connectivity index (χ1n) is 8.59. The number of ether oxygens (including phenoxy) is 1. The molecule has 0 unspecified atom stereocenters. The Morgan fingerprint density at radius 1 is 1.09 bits per heavy atom. The Bertz CT molecular complexity index is 340. The van der Waals surface area contributed by atoms with Crippen molar-refractivity contribution in [1.29, 1.82) is 0 Å². The Morgan fingerprint density at radius 3 is 2.23 bits per heavy atom. The van der Waals surface area contributed by atoms with E-state index in [1.165, 1.54) is 38.5 Å². The monoisotopic (exact) mass is 332 g/mol. The first-order chi connectivity index (χ1) is 10.1. The van der Waals surface area contributed by atoms with Crippen molar-refractivity contribution in [2.75, 3.05) is 26.8 Å². The number of nitrogens with one attached hydrogen (secondary N) is 1. The van der Waals surface area contributed by atoms with E-state index in [2.05, 4.69) is 5.32 Å². The number of hydrogen-bond acceptors (Lipinski definition) is 3. The van der Waals surface area contributed by atoms with Crippen LogP contribution in [0.3, 0.4) is 0 Å². The predicted molar refractivity (Wildman–Crippen MR) is 92.2 cm³/mol. The van der Waals surface area contributed by atoms with Gasteiger partial charge in [0.2, 0.25) is 5.91 Å². The summed E-state index contributed by atoms with van der Waals surface area (Å²) in [5, 5.41) is 3.19. The molecular weight excluding hydrogens is 300 g/mol. The molecule has 5 heteroatoms. The van der Waals surface area contributed by atoms with Gasteiger partial charge >= 0.3 is 0 Å². The quantitative estimate of drug-likeness (QED) is 0.718. The van der Waals surface area contributed by atoms with Crippen molar-refractivity contribution in [3.8, 4) is 0 Å². The van der Waals surface area contributed by atoms with Crippen LogP contribution in [0.1, 0.15) is 64.2 Å². The van der Waals surface area contributed by atoms with E-state index in [-0.39, 0.29) is 23.7 Å². The van der Waals surface area contributed by atoms with Crippen molar-refractivity contribution in [1.82, 2.24) is 5.32 Å². The number of carbonyl (C=O) groups is 1. The Labute approximate surface area is 141 Å². The van der Waals surface area contributed by atoms with Gasteiger partial charge in [-0.1, -0.05) is 25.7 Å². The van der Waals surface area contributed by atoms with E-state index >= 15 is 0 Å². The highest BCUT2D eigenvalue weighted by molar-refractivity contribution is 5.85. The fourth-order valence-electron chi connectivity index (χ4n) is 3.95. The van der Waals surface area contributed by atoms with Crippen molar-refractivity contribution < 1.29 is 9.53 Å². The zero-order chi connectivity index (χ0) is 15.2. The van der Waals surface area contributed by atoms with Crippen LogP contribution in [0.4, 0.5) is 0 Å². The van der Waals surface area contributed by atoms with Gasteiger partial charge in [-0.3, -0.25) is 4.79 Å². The lowest BCUT2D eigenvalue weighted by Crippen LogP contribution is -2.45. The highest BCUT2D eigenvalue weighted by Crippen LogP contribution is 2.43. The van der Waals surface area contributed by atoms with Gasteiger partial charge < -0.3 is 15.8 Å². The molecular formula is C17H33ClN2O2. The minimum Gasteiger partial charge on any atom is -0.385 e. The molecule has 2 fully saturated rings. The number of rotatable bonds is 8. The second-order valence-electron chi connectivity index (χ2n) is 7.31. The van der Waals surface area contributed by atoms with Crippen LogP contribution in [0.2, 0.25) is 0 Å². The molecule has 0 spiro atoms. The zero-order valence-electron chi connectivity index (χ0n) is 14.0. The number of hydrogen-bond donors (Lipinski definition) is 2. The van der Waals surface area contributed by atoms with E-state index in [0.717, 1.165) is 32.4 Å². The standard InChI is InChI=1S/C17H32N2O2.ClH/c1-21-11-10-16(8-5-9-16)14-19-15(20)12-17(13-18)6-3-2-4-7-17;/h2-14,18H2,1H3,(H,19,20);1H. The van der Waals surface area contributed by atoms with Crippen molar-refractivity contribution in [3.05, 3.63) is 0 Å². The summed E-state index contributed by atoms with van der Waals surface area (Å²) in [5.74, 6) is 0.200. The minimum atomic E-state index is 0. The zero-order valence-corrected chi connectivity index (χ0v) is 14.8. The van der Waals surface area contributed by atoms with Crippen molar-refractivity contribution in [2.45, 2.75) is 64.2 Å². The number of methoxy groups -OCH3 is 1. The molecule has 0 bridgehead atoms. The molecule has 3 N–H and O–H groups in total. The predicted octanol–water partition coefficient (Wildman–Crippen LogP) is 3.03. The molecule has 2 rings (SSSR count). The number of halogens is 1. The topological polar surface area (TPSA) is 64.3 Å². The number of carbonyl (C=O) groups excluding carboxylic acids is 1. The molecule has 1 amide bonds. The highest BCUT2D eigenvalue weighted by atomic mass is 35.5. The summed E-state index contributed by atoms with van der Waals surface area (Å²) in [5.41, 5.74) is 6.35. The highest BCUT2D eigenvalue weighted by Gasteiger charge is 2.38. The Hall–Kier alpha value is -0.320. The second kappa shape index (κ2) is 9.09. The minimum absolute atomic E-state index is 0. The van der Waals surface area contributed by atoms with Crippen LogP contribution in [0, 0.1) is 10.8 Å². The summed E-state index contributed by atoms with van der Waals surface area (Å²) in [6, 6.07) is 0. The first kappa shape index (κ1) is 19.7. The van der Waals surface area contributed by atoms with Crippen LogP contribution in [0.15, 0.2) is 0 Å². The van der Waals surface area contributed by atoms with E-state index in [1.807, 2.05) is 0 Å². The van der Waals surface area contributed by atoms with Crippen LogP contribution in [0.25, 0.3) is 0 Å². The summed E-state index contributed by atoms with van der Waals surface area (Å²) in [6.07, 6.45) is 11.4. The third kappa shape index (κ3) is 5.10. The maximum Gasteiger partial charge on any atom is 0.220 e. The van der Waals surface area contributed by atoms with Gasteiger partial charge in [0.05, 0.1) is 0 Å². The van der Waals surface area contributed by atoms with Crippen LogP contribution in [0.5, 0.6) is 0 Å². The summed E-state index contributed by atoms with van der Waals surface area (Å²) < 4.78 is 5.21. The summed E-state index contributed by atoms with van der Waals surface area (Å²) >= 11 is 0. The molecule has 0 saturated heterocycles. The van der Waals surface area contributed by atoms with Gasteiger partial charge in [-0.2, -0.15) is 0 Å². The average Bonchev–Trinajstić information content (AvgIpc) is 2.47. The fraction of sp³-hybridized carbons (Fsp3) is 0.941. The Kier molecular flexibility index (Phi) is 8.15. The van der Waals surface area contributed by atoms with Crippen molar-refractivity contribution >= 4 is 18.3 Å². The third-order valence-electron chi connectivity index (χ3n) is 5.79. The summed E-state index contributed by atoms with van der Waals surface area (Å²) in [6.45, 7) is 2.26. The van der Waals surface area contributed by atoms with Gasteiger partial charge in [0.15, 0.2) is 0 Å². The molecule has 2 aliphatic rings. The van der Waals surface area contributed by atoms with Gasteiger partial charge in [0, 0.05) is 26.7 Å². The van der Waals surface area contributed by atoms with Crippen LogP contribution >= 0.6 is 12.4 Å². The molecule has 0 radical (unpaired) electrons. The maximum atomic E-state index is 12.3. The van der Waals surface area contributed by atoms with E-state index in [0.29, 0.717) is 18.4 Å². The third-order valence-corrected chi connectivity index (χ3v) is 5.79. The van der Waals surface area contributed by atoms with Gasteiger partial charge in [-0.25, -0.2) is 0 Å². The molecule has 0 aromatic carbocycles. The van der Waals surface area contributed by atoms with Crippen LogP contribution in [-0.4, -0.2) is 32.7 Å². The first-order valence-corrected chi connectivity index (χ1v) is 8.59. The molecule has 2 aliphatic carbocycles. The van der Waals surface area contributed by atoms with Crippen molar-refractivity contribution in [3.63, 3.8) is 0 Å². The molecule has 2 saturated carbocycles.